The van der Waals surface area contributed by atoms with Crippen molar-refractivity contribution in [1.29, 1.82) is 0 Å². The topological polar surface area (TPSA) is 128 Å². The van der Waals surface area contributed by atoms with E-state index in [-0.39, 0.29) is 4.90 Å². The fourth-order valence-corrected chi connectivity index (χ4v) is 4.09. The number of carbonyl (C=O) groups is 2. The van der Waals surface area contributed by atoms with Crippen LogP contribution in [0.25, 0.3) is 10.9 Å². The lowest BCUT2D eigenvalue weighted by Crippen LogP contribution is -2.22. The summed E-state index contributed by atoms with van der Waals surface area (Å²) in [5.74, 6) is -1.10. The number of aromatic nitrogens is 1. The third-order valence-corrected chi connectivity index (χ3v) is 5.85. The summed E-state index contributed by atoms with van der Waals surface area (Å²) in [6, 6.07) is 12.7. The first-order chi connectivity index (χ1) is 14.3. The molecule has 1 heterocycles. The Labute approximate surface area is 173 Å². The highest BCUT2D eigenvalue weighted by atomic mass is 32.2. The monoisotopic (exact) mass is 425 g/mol. The number of esters is 1. The van der Waals surface area contributed by atoms with Crippen molar-refractivity contribution in [3.8, 4) is 0 Å². The highest BCUT2D eigenvalue weighted by Crippen LogP contribution is 2.30. The fraction of sp³-hybridized carbons (Fsp3) is 0.190. The molecule has 4 rings (SSSR count). The van der Waals surface area contributed by atoms with Crippen molar-refractivity contribution in [2.24, 2.45) is 5.14 Å². The molecule has 0 bridgehead atoms. The Morgan fingerprint density at radius 1 is 1.07 bits per heavy atom. The Kier molecular flexibility index (Phi) is 5.23. The number of aryl methyl sites for hydroxylation is 1. The van der Waals surface area contributed by atoms with Gasteiger partial charge in [-0.3, -0.25) is 9.78 Å². The summed E-state index contributed by atoms with van der Waals surface area (Å²) in [4.78, 5) is 29.6. The molecule has 3 aromatic rings. The van der Waals surface area contributed by atoms with Crippen LogP contribution in [0.5, 0.6) is 0 Å². The van der Waals surface area contributed by atoms with Crippen LogP contribution in [0.2, 0.25) is 0 Å². The van der Waals surface area contributed by atoms with Crippen molar-refractivity contribution in [3.63, 3.8) is 0 Å². The lowest BCUT2D eigenvalue weighted by Gasteiger charge is -2.12. The van der Waals surface area contributed by atoms with Gasteiger partial charge in [0, 0.05) is 16.8 Å². The number of anilines is 1. The van der Waals surface area contributed by atoms with Crippen LogP contribution in [0.15, 0.2) is 53.4 Å². The number of hydrogen-bond acceptors (Lipinski definition) is 6. The number of ether oxygens (including phenoxy) is 1. The van der Waals surface area contributed by atoms with Gasteiger partial charge in [-0.25, -0.2) is 18.4 Å². The van der Waals surface area contributed by atoms with Crippen molar-refractivity contribution >= 4 is 38.5 Å². The zero-order valence-corrected chi connectivity index (χ0v) is 16.7. The first-order valence-corrected chi connectivity index (χ1v) is 10.9. The Balaban J connectivity index is 1.47. The van der Waals surface area contributed by atoms with E-state index in [1.165, 1.54) is 24.3 Å². The number of fused-ring (bicyclic) bond motifs is 2. The second-order valence-electron chi connectivity index (χ2n) is 6.98. The van der Waals surface area contributed by atoms with Crippen LogP contribution in [0.1, 0.15) is 28.0 Å². The number of nitrogens with two attached hydrogens (primary N) is 1. The lowest BCUT2D eigenvalue weighted by atomic mass is 10.0. The minimum atomic E-state index is -3.81. The molecule has 30 heavy (non-hydrogen) atoms. The van der Waals surface area contributed by atoms with Crippen LogP contribution in [-0.4, -0.2) is 31.9 Å². The average Bonchev–Trinajstić information content (AvgIpc) is 3.18. The molecule has 0 aliphatic heterocycles. The molecule has 8 nitrogen and oxygen atoms in total. The number of pyridine rings is 1. The van der Waals surface area contributed by atoms with Crippen LogP contribution in [0.3, 0.4) is 0 Å². The molecule has 1 aliphatic carbocycles. The van der Waals surface area contributed by atoms with Gasteiger partial charge in [-0.2, -0.15) is 0 Å². The van der Waals surface area contributed by atoms with E-state index in [0.29, 0.717) is 16.6 Å². The smallest absolute Gasteiger partial charge is 0.339 e. The number of primary sulfonamides is 1. The second kappa shape index (κ2) is 7.85. The molecule has 0 radical (unpaired) electrons. The van der Waals surface area contributed by atoms with Gasteiger partial charge in [0.05, 0.1) is 16.0 Å². The second-order valence-corrected chi connectivity index (χ2v) is 8.54. The summed E-state index contributed by atoms with van der Waals surface area (Å²) in [5, 5.41) is 8.31. The first kappa shape index (κ1) is 20.0. The number of benzene rings is 2. The number of hydrogen-bond donors (Lipinski definition) is 2. The highest BCUT2D eigenvalue weighted by Gasteiger charge is 2.25. The molecular formula is C21H19N3O5S. The SMILES string of the molecule is NS(=O)(=O)c1ccc(NC(=O)COC(=O)c2c3c(nc4ccccc24)CCC3)cc1. The van der Waals surface area contributed by atoms with E-state index < -0.39 is 28.5 Å². The van der Waals surface area contributed by atoms with Gasteiger partial charge in [-0.15, -0.1) is 0 Å². The summed E-state index contributed by atoms with van der Waals surface area (Å²) in [5.41, 5.74) is 3.35. The third-order valence-electron chi connectivity index (χ3n) is 4.92. The Hall–Kier alpha value is -3.30. The van der Waals surface area contributed by atoms with Gasteiger partial charge in [-0.1, -0.05) is 18.2 Å². The summed E-state index contributed by atoms with van der Waals surface area (Å²) in [6.07, 6.45) is 2.49. The normalized spacial score (nSPS) is 13.1. The number of para-hydroxylation sites is 1. The van der Waals surface area contributed by atoms with Gasteiger partial charge in [0.25, 0.3) is 5.91 Å². The predicted molar refractivity (Wildman–Crippen MR) is 110 cm³/mol. The standard InChI is InChI=1S/C21H19N3O5S/c22-30(27,28)14-10-8-13(9-11-14)23-19(25)12-29-21(26)20-15-4-1-2-6-17(15)24-18-7-3-5-16(18)20/h1-2,4,6,8-11H,3,5,7,12H2,(H,23,25)(H2,22,27,28). The molecule has 0 spiro atoms. The molecule has 0 saturated heterocycles. The van der Waals surface area contributed by atoms with E-state index in [2.05, 4.69) is 10.3 Å². The van der Waals surface area contributed by atoms with Crippen molar-refractivity contribution < 1.29 is 22.7 Å². The summed E-state index contributed by atoms with van der Waals surface area (Å²) >= 11 is 0. The largest absolute Gasteiger partial charge is 0.452 e. The highest BCUT2D eigenvalue weighted by molar-refractivity contribution is 7.89. The molecule has 1 aromatic heterocycles. The Morgan fingerprint density at radius 3 is 2.53 bits per heavy atom. The van der Waals surface area contributed by atoms with Crippen LogP contribution in [0.4, 0.5) is 5.69 Å². The maximum atomic E-state index is 12.8. The zero-order chi connectivity index (χ0) is 21.3. The van der Waals surface area contributed by atoms with Gasteiger partial charge < -0.3 is 10.1 Å². The maximum absolute atomic E-state index is 12.8. The fourth-order valence-electron chi connectivity index (χ4n) is 3.57. The van der Waals surface area contributed by atoms with Crippen molar-refractivity contribution in [3.05, 3.63) is 65.4 Å². The average molecular weight is 425 g/mol. The molecule has 3 N–H and O–H groups in total. The van der Waals surface area contributed by atoms with Gasteiger partial charge in [0.2, 0.25) is 10.0 Å². The number of sulfonamides is 1. The molecule has 0 saturated carbocycles. The molecule has 0 unspecified atom stereocenters. The van der Waals surface area contributed by atoms with Crippen molar-refractivity contribution in [1.82, 2.24) is 4.98 Å². The number of rotatable bonds is 5. The maximum Gasteiger partial charge on any atom is 0.339 e. The summed E-state index contributed by atoms with van der Waals surface area (Å²) in [6.45, 7) is -0.471. The molecule has 0 fully saturated rings. The molecular weight excluding hydrogens is 406 g/mol. The third kappa shape index (κ3) is 4.03. The predicted octanol–water partition coefficient (Wildman–Crippen LogP) is 2.17. The van der Waals surface area contributed by atoms with Gasteiger partial charge in [0.15, 0.2) is 6.61 Å². The van der Waals surface area contributed by atoms with Gasteiger partial charge >= 0.3 is 5.97 Å². The summed E-state index contributed by atoms with van der Waals surface area (Å²) in [7, 11) is -3.81. The minimum Gasteiger partial charge on any atom is -0.452 e. The minimum absolute atomic E-state index is 0.0645. The Morgan fingerprint density at radius 2 is 1.80 bits per heavy atom. The number of amides is 1. The molecule has 154 valence electrons. The first-order valence-electron chi connectivity index (χ1n) is 9.33. The number of nitrogens with zero attached hydrogens (tertiary/aromatic N) is 1. The molecule has 1 amide bonds. The van der Waals surface area contributed by atoms with E-state index >= 15 is 0 Å². The quantitative estimate of drug-likeness (QED) is 0.603. The van der Waals surface area contributed by atoms with Crippen LogP contribution in [-0.2, 0) is 32.4 Å². The van der Waals surface area contributed by atoms with Crippen LogP contribution >= 0.6 is 0 Å². The Bertz CT molecular complexity index is 1250. The molecule has 2 aromatic carbocycles. The van der Waals surface area contributed by atoms with E-state index in [0.717, 1.165) is 36.0 Å². The van der Waals surface area contributed by atoms with Gasteiger partial charge in [0.1, 0.15) is 0 Å². The van der Waals surface area contributed by atoms with E-state index in [1.807, 2.05) is 24.3 Å². The summed E-state index contributed by atoms with van der Waals surface area (Å²) < 4.78 is 27.8. The van der Waals surface area contributed by atoms with E-state index in [1.54, 1.807) is 0 Å². The zero-order valence-electron chi connectivity index (χ0n) is 15.9. The van der Waals surface area contributed by atoms with E-state index in [9.17, 15) is 18.0 Å². The van der Waals surface area contributed by atoms with Crippen molar-refractivity contribution in [2.45, 2.75) is 24.2 Å². The van der Waals surface area contributed by atoms with Crippen LogP contribution < -0.4 is 10.5 Å². The van der Waals surface area contributed by atoms with E-state index in [4.69, 9.17) is 9.88 Å². The molecule has 0 atom stereocenters. The molecule has 9 heteroatoms. The van der Waals surface area contributed by atoms with Crippen LogP contribution in [0, 0.1) is 0 Å². The van der Waals surface area contributed by atoms with Gasteiger partial charge in [-0.05, 0) is 55.2 Å². The molecule has 1 aliphatic rings. The number of carbonyl (C=O) groups excluding carboxylic acids is 2. The van der Waals surface area contributed by atoms with Crippen molar-refractivity contribution in [2.75, 3.05) is 11.9 Å². The number of nitrogens with one attached hydrogen (secondary N) is 1. The lowest BCUT2D eigenvalue weighted by molar-refractivity contribution is -0.119.